The van der Waals surface area contributed by atoms with Gasteiger partial charge in [0.2, 0.25) is 0 Å². The molecular formula is C16H21N3OS. The summed E-state index contributed by atoms with van der Waals surface area (Å²) in [6, 6.07) is 8.38. The van der Waals surface area contributed by atoms with Crippen molar-refractivity contribution >= 4 is 11.8 Å². The average Bonchev–Trinajstić information content (AvgIpc) is 3.08. The van der Waals surface area contributed by atoms with Crippen LogP contribution in [0.5, 0.6) is 0 Å². The van der Waals surface area contributed by atoms with Gasteiger partial charge in [0.1, 0.15) is 0 Å². The normalized spacial score (nSPS) is 21.8. The summed E-state index contributed by atoms with van der Waals surface area (Å²) < 4.78 is 0. The molecular weight excluding hydrogens is 282 g/mol. The number of H-pyrrole nitrogens is 1. The van der Waals surface area contributed by atoms with Crippen LogP contribution in [0.4, 0.5) is 0 Å². The van der Waals surface area contributed by atoms with E-state index < -0.39 is 5.60 Å². The molecule has 4 nitrogen and oxygen atoms in total. The molecule has 2 aromatic rings. The summed E-state index contributed by atoms with van der Waals surface area (Å²) in [5.41, 5.74) is 4.03. The number of benzene rings is 1. The van der Waals surface area contributed by atoms with Crippen molar-refractivity contribution in [2.45, 2.75) is 25.5 Å². The van der Waals surface area contributed by atoms with Crippen LogP contribution >= 0.6 is 11.8 Å². The number of rotatable bonds is 5. The second-order valence-corrected chi connectivity index (χ2v) is 6.88. The zero-order valence-corrected chi connectivity index (χ0v) is 13.0. The van der Waals surface area contributed by atoms with Crippen molar-refractivity contribution in [3.05, 3.63) is 41.6 Å². The van der Waals surface area contributed by atoms with E-state index in [2.05, 4.69) is 46.7 Å². The van der Waals surface area contributed by atoms with Gasteiger partial charge in [-0.2, -0.15) is 16.9 Å². The maximum absolute atomic E-state index is 10.3. The lowest BCUT2D eigenvalue weighted by molar-refractivity contribution is 0.0675. The Morgan fingerprint density at radius 3 is 3.14 bits per heavy atom. The number of hydrogen-bond donors (Lipinski definition) is 3. The summed E-state index contributed by atoms with van der Waals surface area (Å²) in [5, 5.41) is 21.0. The molecule has 1 atom stereocenters. The first-order chi connectivity index (χ1) is 10.2. The van der Waals surface area contributed by atoms with Gasteiger partial charge in [0, 0.05) is 30.0 Å². The number of nitrogens with one attached hydrogen (secondary N) is 2. The number of aromatic amines is 1. The summed E-state index contributed by atoms with van der Waals surface area (Å²) in [7, 11) is 0. The highest BCUT2D eigenvalue weighted by molar-refractivity contribution is 7.99. The van der Waals surface area contributed by atoms with Gasteiger partial charge in [0.05, 0.1) is 17.5 Å². The van der Waals surface area contributed by atoms with Crippen LogP contribution in [0.3, 0.4) is 0 Å². The molecule has 1 aliphatic heterocycles. The van der Waals surface area contributed by atoms with E-state index in [9.17, 15) is 5.11 Å². The van der Waals surface area contributed by atoms with Gasteiger partial charge < -0.3 is 10.4 Å². The predicted molar refractivity (Wildman–Crippen MR) is 87.4 cm³/mol. The lowest BCUT2D eigenvalue weighted by atomic mass is 10.0. The fourth-order valence-electron chi connectivity index (χ4n) is 2.66. The van der Waals surface area contributed by atoms with Crippen LogP contribution in [0.15, 0.2) is 30.5 Å². The lowest BCUT2D eigenvalue weighted by Gasteiger charge is -2.21. The Kier molecular flexibility index (Phi) is 4.33. The maximum atomic E-state index is 10.3. The van der Waals surface area contributed by atoms with E-state index >= 15 is 0 Å². The van der Waals surface area contributed by atoms with E-state index in [4.69, 9.17) is 0 Å². The molecule has 1 fully saturated rings. The van der Waals surface area contributed by atoms with E-state index in [1.807, 2.05) is 18.0 Å². The van der Waals surface area contributed by atoms with Crippen molar-refractivity contribution in [2.75, 3.05) is 18.1 Å². The third kappa shape index (κ3) is 3.48. The maximum Gasteiger partial charge on any atom is 0.0869 e. The third-order valence-corrected chi connectivity index (χ3v) is 5.11. The number of thioether (sulfide) groups is 1. The monoisotopic (exact) mass is 303 g/mol. The Hall–Kier alpha value is -1.30. The van der Waals surface area contributed by atoms with Crippen LogP contribution in [-0.2, 0) is 6.54 Å². The molecule has 0 aliphatic carbocycles. The molecule has 1 saturated heterocycles. The molecule has 21 heavy (non-hydrogen) atoms. The molecule has 3 N–H and O–H groups in total. The number of nitrogens with zero attached hydrogens (tertiary/aromatic N) is 1. The van der Waals surface area contributed by atoms with Gasteiger partial charge in [-0.3, -0.25) is 5.10 Å². The Morgan fingerprint density at radius 2 is 2.38 bits per heavy atom. The SMILES string of the molecule is Cc1cccc(-c2[nH]ncc2CNCC2(O)CCSC2)c1. The van der Waals surface area contributed by atoms with E-state index in [0.717, 1.165) is 34.7 Å². The molecule has 1 aliphatic rings. The van der Waals surface area contributed by atoms with Gasteiger partial charge in [-0.15, -0.1) is 0 Å². The summed E-state index contributed by atoms with van der Waals surface area (Å²) in [6.07, 6.45) is 2.74. The summed E-state index contributed by atoms with van der Waals surface area (Å²) in [4.78, 5) is 0. The lowest BCUT2D eigenvalue weighted by Crippen LogP contribution is -2.40. The Bertz CT molecular complexity index is 605. The third-order valence-electron chi connectivity index (χ3n) is 3.88. The van der Waals surface area contributed by atoms with Crippen LogP contribution < -0.4 is 5.32 Å². The first-order valence-electron chi connectivity index (χ1n) is 7.26. The summed E-state index contributed by atoms with van der Waals surface area (Å²) in [6.45, 7) is 3.44. The number of hydrogen-bond acceptors (Lipinski definition) is 4. The first kappa shape index (κ1) is 14.6. The van der Waals surface area contributed by atoms with Crippen molar-refractivity contribution < 1.29 is 5.11 Å². The quantitative estimate of drug-likeness (QED) is 0.793. The fourth-order valence-corrected chi connectivity index (χ4v) is 3.96. The highest BCUT2D eigenvalue weighted by Crippen LogP contribution is 2.27. The second-order valence-electron chi connectivity index (χ2n) is 5.77. The standard InChI is InChI=1S/C16H21N3OS/c1-12-3-2-4-13(7-12)15-14(9-18-19-15)8-17-10-16(20)5-6-21-11-16/h2-4,7,9,17,20H,5-6,8,10-11H2,1H3,(H,18,19). The van der Waals surface area contributed by atoms with Crippen molar-refractivity contribution in [2.24, 2.45) is 0 Å². The second kappa shape index (κ2) is 6.22. The highest BCUT2D eigenvalue weighted by atomic mass is 32.2. The van der Waals surface area contributed by atoms with E-state index in [1.54, 1.807) is 0 Å². The molecule has 0 amide bonds. The molecule has 0 spiro atoms. The van der Waals surface area contributed by atoms with Gasteiger partial charge in [0.25, 0.3) is 0 Å². The average molecular weight is 303 g/mol. The van der Waals surface area contributed by atoms with Crippen molar-refractivity contribution in [3.8, 4) is 11.3 Å². The topological polar surface area (TPSA) is 60.9 Å². The Morgan fingerprint density at radius 1 is 1.48 bits per heavy atom. The highest BCUT2D eigenvalue weighted by Gasteiger charge is 2.31. The molecule has 5 heteroatoms. The summed E-state index contributed by atoms with van der Waals surface area (Å²) >= 11 is 1.82. The molecule has 1 aromatic carbocycles. The van der Waals surface area contributed by atoms with Gasteiger partial charge >= 0.3 is 0 Å². The molecule has 1 unspecified atom stereocenters. The minimum Gasteiger partial charge on any atom is -0.388 e. The van der Waals surface area contributed by atoms with E-state index in [0.29, 0.717) is 13.1 Å². The predicted octanol–water partition coefficient (Wildman–Crippen LogP) is 2.34. The van der Waals surface area contributed by atoms with Crippen molar-refractivity contribution in [1.82, 2.24) is 15.5 Å². The Balaban J connectivity index is 1.66. The van der Waals surface area contributed by atoms with Gasteiger partial charge in [-0.05, 0) is 25.2 Å². The van der Waals surface area contributed by atoms with Crippen LogP contribution in [0.25, 0.3) is 11.3 Å². The molecule has 0 radical (unpaired) electrons. The largest absolute Gasteiger partial charge is 0.388 e. The van der Waals surface area contributed by atoms with Crippen LogP contribution in [0.1, 0.15) is 17.5 Å². The van der Waals surface area contributed by atoms with Gasteiger partial charge in [-0.1, -0.05) is 23.8 Å². The number of aromatic nitrogens is 2. The van der Waals surface area contributed by atoms with Gasteiger partial charge in [-0.25, -0.2) is 0 Å². The first-order valence-corrected chi connectivity index (χ1v) is 8.42. The Labute approximate surface area is 129 Å². The zero-order valence-electron chi connectivity index (χ0n) is 12.2. The minimum atomic E-state index is -0.544. The van der Waals surface area contributed by atoms with Crippen LogP contribution in [-0.4, -0.2) is 39.0 Å². The van der Waals surface area contributed by atoms with E-state index in [-0.39, 0.29) is 0 Å². The molecule has 1 aromatic heterocycles. The molecule has 0 saturated carbocycles. The van der Waals surface area contributed by atoms with E-state index in [1.165, 1.54) is 5.56 Å². The number of aryl methyl sites for hydroxylation is 1. The molecule has 3 rings (SSSR count). The molecule has 112 valence electrons. The summed E-state index contributed by atoms with van der Waals surface area (Å²) in [5.74, 6) is 1.88. The number of aliphatic hydroxyl groups is 1. The fraction of sp³-hybridized carbons (Fsp3) is 0.438. The smallest absolute Gasteiger partial charge is 0.0869 e. The minimum absolute atomic E-state index is 0.544. The van der Waals surface area contributed by atoms with Crippen molar-refractivity contribution in [3.63, 3.8) is 0 Å². The zero-order chi connectivity index (χ0) is 14.7. The van der Waals surface area contributed by atoms with Gasteiger partial charge in [0.15, 0.2) is 0 Å². The molecule has 2 heterocycles. The molecule has 0 bridgehead atoms. The van der Waals surface area contributed by atoms with Crippen molar-refractivity contribution in [1.29, 1.82) is 0 Å². The van der Waals surface area contributed by atoms with Crippen LogP contribution in [0.2, 0.25) is 0 Å². The van der Waals surface area contributed by atoms with Crippen LogP contribution in [0, 0.1) is 6.92 Å².